The van der Waals surface area contributed by atoms with E-state index in [9.17, 15) is 24.0 Å². The molecule has 2 aliphatic rings. The monoisotopic (exact) mass is 435 g/mol. The number of imide groups is 2. The lowest BCUT2D eigenvalue weighted by Crippen LogP contribution is -2.57. The third kappa shape index (κ3) is 3.56. The highest BCUT2D eigenvalue weighted by atomic mass is 16.7. The Kier molecular flexibility index (Phi) is 5.58. The van der Waals surface area contributed by atoms with E-state index in [-0.39, 0.29) is 24.0 Å². The van der Waals surface area contributed by atoms with Gasteiger partial charge in [0.05, 0.1) is 11.1 Å². The quantitative estimate of drug-likeness (QED) is 0.703. The average molecular weight is 435 g/mol. The summed E-state index contributed by atoms with van der Waals surface area (Å²) in [5, 5.41) is 0.331. The Hall–Kier alpha value is -3.85. The van der Waals surface area contributed by atoms with Gasteiger partial charge in [0.25, 0.3) is 23.6 Å². The minimum Gasteiger partial charge on any atom is -0.328 e. The van der Waals surface area contributed by atoms with Gasteiger partial charge in [0.2, 0.25) is 0 Å². The number of hydroxylamine groups is 2. The SMILES string of the molecule is CC(c1ccccc1)C(N)C(=O)ON1C(=O)CC[C@H](N2C(=O)c3ccccc3C2=O)C1=O. The van der Waals surface area contributed by atoms with Crippen molar-refractivity contribution in [3.05, 3.63) is 71.3 Å². The number of benzene rings is 2. The molecule has 9 nitrogen and oxygen atoms in total. The molecule has 2 heterocycles. The van der Waals surface area contributed by atoms with Crippen LogP contribution in [0.1, 0.15) is 52.0 Å². The van der Waals surface area contributed by atoms with E-state index in [2.05, 4.69) is 0 Å². The molecule has 0 radical (unpaired) electrons. The Bertz CT molecular complexity index is 1080. The van der Waals surface area contributed by atoms with Crippen molar-refractivity contribution in [1.29, 1.82) is 0 Å². The molecule has 2 N–H and O–H groups in total. The van der Waals surface area contributed by atoms with Gasteiger partial charge in [0, 0.05) is 12.3 Å². The van der Waals surface area contributed by atoms with E-state index < -0.39 is 47.6 Å². The van der Waals surface area contributed by atoms with Crippen LogP contribution in [0.5, 0.6) is 0 Å². The molecule has 0 aliphatic carbocycles. The molecule has 4 rings (SSSR count). The van der Waals surface area contributed by atoms with Crippen molar-refractivity contribution < 1.29 is 28.8 Å². The molecule has 9 heteroatoms. The predicted octanol–water partition coefficient (Wildman–Crippen LogP) is 1.39. The topological polar surface area (TPSA) is 127 Å². The van der Waals surface area contributed by atoms with Crippen molar-refractivity contribution in [2.75, 3.05) is 0 Å². The summed E-state index contributed by atoms with van der Waals surface area (Å²) in [7, 11) is 0. The molecule has 2 aliphatic heterocycles. The van der Waals surface area contributed by atoms with Gasteiger partial charge >= 0.3 is 5.97 Å². The number of hydrogen-bond donors (Lipinski definition) is 1. The second kappa shape index (κ2) is 8.35. The van der Waals surface area contributed by atoms with E-state index in [4.69, 9.17) is 10.6 Å². The van der Waals surface area contributed by atoms with Crippen LogP contribution in [0.2, 0.25) is 0 Å². The minimum absolute atomic E-state index is 0.0519. The first-order valence-electron chi connectivity index (χ1n) is 10.2. The number of hydrogen-bond acceptors (Lipinski definition) is 7. The number of piperidine rings is 1. The normalized spacial score (nSPS) is 20.2. The van der Waals surface area contributed by atoms with Gasteiger partial charge < -0.3 is 10.6 Å². The van der Waals surface area contributed by atoms with Crippen LogP contribution in [0.25, 0.3) is 0 Å². The maximum Gasteiger partial charge on any atom is 0.350 e. The molecule has 0 aromatic heterocycles. The van der Waals surface area contributed by atoms with Gasteiger partial charge in [-0.3, -0.25) is 24.1 Å². The van der Waals surface area contributed by atoms with Crippen LogP contribution < -0.4 is 5.73 Å². The van der Waals surface area contributed by atoms with Crippen LogP contribution >= 0.6 is 0 Å². The Balaban J connectivity index is 1.51. The third-order valence-electron chi connectivity index (χ3n) is 5.80. The highest BCUT2D eigenvalue weighted by molar-refractivity contribution is 6.23. The van der Waals surface area contributed by atoms with Gasteiger partial charge in [-0.15, -0.1) is 5.06 Å². The number of rotatable bonds is 5. The first-order valence-corrected chi connectivity index (χ1v) is 10.2. The number of nitrogens with zero attached hydrogens (tertiary/aromatic N) is 2. The summed E-state index contributed by atoms with van der Waals surface area (Å²) in [6.45, 7) is 1.72. The fourth-order valence-corrected chi connectivity index (χ4v) is 3.89. The van der Waals surface area contributed by atoms with Gasteiger partial charge in [-0.2, -0.15) is 0 Å². The summed E-state index contributed by atoms with van der Waals surface area (Å²) >= 11 is 0. The largest absolute Gasteiger partial charge is 0.350 e. The maximum absolute atomic E-state index is 13.0. The van der Waals surface area contributed by atoms with Crippen molar-refractivity contribution in [3.8, 4) is 0 Å². The average Bonchev–Trinajstić information content (AvgIpc) is 3.06. The molecule has 32 heavy (non-hydrogen) atoms. The molecule has 1 saturated heterocycles. The van der Waals surface area contributed by atoms with E-state index in [0.717, 1.165) is 10.5 Å². The molecular weight excluding hydrogens is 414 g/mol. The van der Waals surface area contributed by atoms with Gasteiger partial charge in [-0.1, -0.05) is 49.4 Å². The molecule has 0 spiro atoms. The molecule has 4 amide bonds. The molecule has 2 aromatic rings. The number of nitrogens with two attached hydrogens (primary N) is 1. The van der Waals surface area contributed by atoms with Crippen LogP contribution in [0.15, 0.2) is 54.6 Å². The zero-order valence-corrected chi connectivity index (χ0v) is 17.3. The summed E-state index contributed by atoms with van der Waals surface area (Å²) in [6.07, 6.45) is -0.232. The highest BCUT2D eigenvalue weighted by Gasteiger charge is 2.48. The van der Waals surface area contributed by atoms with Crippen molar-refractivity contribution in [2.24, 2.45) is 5.73 Å². The lowest BCUT2D eigenvalue weighted by Gasteiger charge is -2.33. The zero-order chi connectivity index (χ0) is 23.0. The van der Waals surface area contributed by atoms with Crippen LogP contribution in [-0.4, -0.2) is 51.6 Å². The van der Waals surface area contributed by atoms with Crippen LogP contribution in [0.3, 0.4) is 0 Å². The number of amides is 4. The molecule has 0 bridgehead atoms. The van der Waals surface area contributed by atoms with Crippen molar-refractivity contribution >= 4 is 29.6 Å². The van der Waals surface area contributed by atoms with Crippen LogP contribution in [0.4, 0.5) is 0 Å². The Morgan fingerprint density at radius 3 is 2.12 bits per heavy atom. The van der Waals surface area contributed by atoms with E-state index >= 15 is 0 Å². The van der Waals surface area contributed by atoms with Gasteiger partial charge in [0.1, 0.15) is 12.1 Å². The Morgan fingerprint density at radius 2 is 1.53 bits per heavy atom. The van der Waals surface area contributed by atoms with Gasteiger partial charge in [0.15, 0.2) is 0 Å². The predicted molar refractivity (Wildman–Crippen MR) is 111 cm³/mol. The van der Waals surface area contributed by atoms with E-state index in [1.807, 2.05) is 6.07 Å². The van der Waals surface area contributed by atoms with E-state index in [1.54, 1.807) is 43.3 Å². The second-order valence-electron chi connectivity index (χ2n) is 7.74. The van der Waals surface area contributed by atoms with Gasteiger partial charge in [-0.05, 0) is 24.1 Å². The molecule has 3 atom stereocenters. The van der Waals surface area contributed by atoms with Crippen molar-refractivity contribution in [3.63, 3.8) is 0 Å². The number of carbonyl (C=O) groups is 5. The zero-order valence-electron chi connectivity index (χ0n) is 17.3. The lowest BCUT2D eigenvalue weighted by atomic mass is 9.94. The van der Waals surface area contributed by atoms with Gasteiger partial charge in [-0.25, -0.2) is 4.79 Å². The summed E-state index contributed by atoms with van der Waals surface area (Å²) in [5.41, 5.74) is 7.18. The smallest absolute Gasteiger partial charge is 0.328 e. The fraction of sp³-hybridized carbons (Fsp3) is 0.261. The molecule has 2 aromatic carbocycles. The summed E-state index contributed by atoms with van der Waals surface area (Å²) in [5.74, 6) is -4.35. The molecule has 1 fully saturated rings. The molecule has 2 unspecified atom stereocenters. The van der Waals surface area contributed by atoms with E-state index in [0.29, 0.717) is 5.06 Å². The highest BCUT2D eigenvalue weighted by Crippen LogP contribution is 2.29. The summed E-state index contributed by atoms with van der Waals surface area (Å²) in [6, 6.07) is 12.8. The van der Waals surface area contributed by atoms with Crippen molar-refractivity contribution in [2.45, 2.75) is 37.8 Å². The molecular formula is C23H21N3O6. The fourth-order valence-electron chi connectivity index (χ4n) is 3.89. The first kappa shape index (κ1) is 21.4. The van der Waals surface area contributed by atoms with Crippen LogP contribution in [0, 0.1) is 0 Å². The minimum atomic E-state index is -1.25. The lowest BCUT2D eigenvalue weighted by molar-refractivity contribution is -0.209. The Labute approximate surface area is 183 Å². The molecule has 0 saturated carbocycles. The Morgan fingerprint density at radius 1 is 0.969 bits per heavy atom. The second-order valence-corrected chi connectivity index (χ2v) is 7.74. The number of carbonyl (C=O) groups excluding carboxylic acids is 5. The summed E-state index contributed by atoms with van der Waals surface area (Å²) in [4.78, 5) is 69.3. The first-order chi connectivity index (χ1) is 15.3. The maximum atomic E-state index is 13.0. The van der Waals surface area contributed by atoms with Crippen LogP contribution in [-0.2, 0) is 19.2 Å². The summed E-state index contributed by atoms with van der Waals surface area (Å²) < 4.78 is 0. The molecule has 164 valence electrons. The van der Waals surface area contributed by atoms with Crippen molar-refractivity contribution in [1.82, 2.24) is 9.96 Å². The third-order valence-corrected chi connectivity index (χ3v) is 5.80. The number of fused-ring (bicyclic) bond motifs is 1. The van der Waals surface area contributed by atoms with E-state index in [1.165, 1.54) is 12.1 Å². The standard InChI is InChI=1S/C23H21N3O6/c1-13(14-7-3-2-4-8-14)19(24)23(31)32-26-18(27)12-11-17(22(26)30)25-20(28)15-9-5-6-10-16(15)21(25)29/h2-10,13,17,19H,11-12,24H2,1H3/t13?,17-,19?/m0/s1.